The number of nitrogens with zero attached hydrogens (tertiary/aromatic N) is 2. The van der Waals surface area contributed by atoms with Crippen LogP contribution in [0.4, 0.5) is 0 Å². The van der Waals surface area contributed by atoms with E-state index in [1.54, 1.807) is 0 Å². The Morgan fingerprint density at radius 3 is 1.33 bits per heavy atom. The van der Waals surface area contributed by atoms with Crippen molar-refractivity contribution >= 4 is 54.4 Å². The zero-order valence-electron chi connectivity index (χ0n) is 26.2. The average molecular weight is 611 g/mol. The summed E-state index contributed by atoms with van der Waals surface area (Å²) in [4.78, 5) is 0. The highest BCUT2D eigenvalue weighted by atomic mass is 15.0. The van der Waals surface area contributed by atoms with Gasteiger partial charge in [-0.15, -0.1) is 0 Å². The predicted octanol–water partition coefficient (Wildman–Crippen LogP) is 12.4. The first-order chi connectivity index (χ1) is 23.8. The summed E-state index contributed by atoms with van der Waals surface area (Å²) in [6, 6.07) is 66.2. The van der Waals surface area contributed by atoms with Gasteiger partial charge in [0.05, 0.1) is 22.1 Å². The molecule has 0 N–H and O–H groups in total. The lowest BCUT2D eigenvalue weighted by molar-refractivity contribution is 1.17. The Morgan fingerprint density at radius 1 is 0.271 bits per heavy atom. The van der Waals surface area contributed by atoms with Gasteiger partial charge in [0, 0.05) is 32.9 Å². The van der Waals surface area contributed by atoms with E-state index in [2.05, 4.69) is 191 Å². The van der Waals surface area contributed by atoms with E-state index >= 15 is 0 Å². The van der Waals surface area contributed by atoms with Crippen molar-refractivity contribution in [2.24, 2.45) is 0 Å². The molecule has 2 heterocycles. The molecule has 224 valence electrons. The normalized spacial score (nSPS) is 11.8. The van der Waals surface area contributed by atoms with Crippen LogP contribution in [-0.2, 0) is 0 Å². The molecule has 0 saturated carbocycles. The maximum atomic E-state index is 2.43. The van der Waals surface area contributed by atoms with Crippen molar-refractivity contribution in [1.82, 2.24) is 9.13 Å². The smallest absolute Gasteiger partial charge is 0.0548 e. The van der Waals surface area contributed by atoms with Crippen molar-refractivity contribution in [3.8, 4) is 33.6 Å². The van der Waals surface area contributed by atoms with Crippen molar-refractivity contribution < 1.29 is 0 Å². The Kier molecular flexibility index (Phi) is 5.91. The summed E-state index contributed by atoms with van der Waals surface area (Å²) in [6.07, 6.45) is 0. The minimum atomic E-state index is 1.16. The van der Waals surface area contributed by atoms with E-state index < -0.39 is 0 Å². The lowest BCUT2D eigenvalue weighted by Crippen LogP contribution is -1.95. The van der Waals surface area contributed by atoms with Gasteiger partial charge in [0.1, 0.15) is 0 Å². The lowest BCUT2D eigenvalue weighted by atomic mass is 9.98. The highest BCUT2D eigenvalue weighted by Crippen LogP contribution is 2.40. The van der Waals surface area contributed by atoms with Crippen molar-refractivity contribution in [2.45, 2.75) is 0 Å². The molecule has 0 radical (unpaired) electrons. The fraction of sp³-hybridized carbons (Fsp3) is 0. The van der Waals surface area contributed by atoms with Crippen LogP contribution in [0.5, 0.6) is 0 Å². The first kappa shape index (κ1) is 26.8. The summed E-state index contributed by atoms with van der Waals surface area (Å²) in [5, 5.41) is 7.55. The number of benzene rings is 8. The minimum Gasteiger partial charge on any atom is -0.309 e. The molecule has 0 saturated heterocycles. The molecule has 0 unspecified atom stereocenters. The number of hydrogen-bond acceptors (Lipinski definition) is 0. The van der Waals surface area contributed by atoms with Crippen LogP contribution in [0, 0.1) is 0 Å². The molecule has 0 aliphatic heterocycles. The standard InChI is InChI=1S/C46H30N2/c1-2-11-31(12-3-1)32-21-25-35(26-22-32)47-43-19-8-6-16-39(43)41-30-46-42(29-45(41)47)40-17-7-9-20-44(40)48(46)36-27-23-34(24-28-36)38-18-10-14-33-13-4-5-15-37(33)38/h1-30H. The molecule has 2 aromatic heterocycles. The maximum Gasteiger partial charge on any atom is 0.0548 e. The molecule has 0 fully saturated rings. The first-order valence-electron chi connectivity index (χ1n) is 16.5. The van der Waals surface area contributed by atoms with E-state index in [1.165, 1.54) is 76.6 Å². The van der Waals surface area contributed by atoms with Crippen LogP contribution < -0.4 is 0 Å². The summed E-state index contributed by atoms with van der Waals surface area (Å²) in [5.41, 5.74) is 12.1. The Balaban J connectivity index is 1.18. The third-order valence-electron chi connectivity index (χ3n) is 9.92. The van der Waals surface area contributed by atoms with E-state index in [0.29, 0.717) is 0 Å². The number of hydrogen-bond donors (Lipinski definition) is 0. The topological polar surface area (TPSA) is 9.86 Å². The number of fused-ring (bicyclic) bond motifs is 7. The van der Waals surface area contributed by atoms with E-state index in [1.807, 2.05) is 0 Å². The second kappa shape index (κ2) is 10.6. The summed E-state index contributed by atoms with van der Waals surface area (Å²) in [5.74, 6) is 0. The van der Waals surface area contributed by atoms with E-state index in [0.717, 1.165) is 11.4 Å². The largest absolute Gasteiger partial charge is 0.309 e. The molecule has 0 bridgehead atoms. The molecule has 2 heteroatoms. The third-order valence-corrected chi connectivity index (χ3v) is 9.92. The fourth-order valence-corrected chi connectivity index (χ4v) is 7.69. The molecule has 8 aromatic carbocycles. The zero-order valence-corrected chi connectivity index (χ0v) is 26.2. The molecule has 10 aromatic rings. The summed E-state index contributed by atoms with van der Waals surface area (Å²) in [6.45, 7) is 0. The van der Waals surface area contributed by atoms with Crippen molar-refractivity contribution in [1.29, 1.82) is 0 Å². The first-order valence-corrected chi connectivity index (χ1v) is 16.5. The van der Waals surface area contributed by atoms with Crippen LogP contribution >= 0.6 is 0 Å². The van der Waals surface area contributed by atoms with Gasteiger partial charge in [-0.2, -0.15) is 0 Å². The molecule has 2 nitrogen and oxygen atoms in total. The van der Waals surface area contributed by atoms with E-state index in [4.69, 9.17) is 0 Å². The SMILES string of the molecule is c1ccc(-c2ccc(-n3c4ccccc4c4cc5c(cc43)c3ccccc3n5-c3ccc(-c4cccc5ccccc45)cc3)cc2)cc1. The Bertz CT molecular complexity index is 2790. The Labute approximate surface area is 278 Å². The molecule has 0 atom stereocenters. The van der Waals surface area contributed by atoms with Crippen molar-refractivity contribution in [3.05, 3.63) is 182 Å². The van der Waals surface area contributed by atoms with Crippen molar-refractivity contribution in [3.63, 3.8) is 0 Å². The van der Waals surface area contributed by atoms with Gasteiger partial charge in [-0.25, -0.2) is 0 Å². The molecule has 0 spiro atoms. The number of para-hydroxylation sites is 2. The molecular formula is C46H30N2. The molecule has 10 rings (SSSR count). The van der Waals surface area contributed by atoms with Gasteiger partial charge in [0.15, 0.2) is 0 Å². The third kappa shape index (κ3) is 4.06. The zero-order chi connectivity index (χ0) is 31.6. The van der Waals surface area contributed by atoms with Crippen LogP contribution in [0.25, 0.3) is 88.0 Å². The van der Waals surface area contributed by atoms with Crippen LogP contribution in [0.1, 0.15) is 0 Å². The highest BCUT2D eigenvalue weighted by Gasteiger charge is 2.18. The van der Waals surface area contributed by atoms with Gasteiger partial charge in [0.2, 0.25) is 0 Å². The van der Waals surface area contributed by atoms with Gasteiger partial charge in [-0.3, -0.25) is 0 Å². The fourth-order valence-electron chi connectivity index (χ4n) is 7.69. The van der Waals surface area contributed by atoms with Crippen LogP contribution in [0.2, 0.25) is 0 Å². The highest BCUT2D eigenvalue weighted by molar-refractivity contribution is 6.19. The van der Waals surface area contributed by atoms with E-state index in [-0.39, 0.29) is 0 Å². The van der Waals surface area contributed by atoms with E-state index in [9.17, 15) is 0 Å². The number of aromatic nitrogens is 2. The molecule has 48 heavy (non-hydrogen) atoms. The lowest BCUT2D eigenvalue weighted by Gasteiger charge is -2.11. The monoisotopic (exact) mass is 610 g/mol. The average Bonchev–Trinajstić information content (AvgIpc) is 3.66. The Morgan fingerprint density at radius 2 is 0.729 bits per heavy atom. The number of rotatable bonds is 4. The minimum absolute atomic E-state index is 1.16. The van der Waals surface area contributed by atoms with Crippen molar-refractivity contribution in [2.75, 3.05) is 0 Å². The van der Waals surface area contributed by atoms with Gasteiger partial charge in [0.25, 0.3) is 0 Å². The van der Waals surface area contributed by atoms with Gasteiger partial charge in [-0.1, -0.05) is 133 Å². The van der Waals surface area contributed by atoms with Gasteiger partial charge in [-0.05, 0) is 81.6 Å². The molecule has 0 amide bonds. The second-order valence-corrected chi connectivity index (χ2v) is 12.6. The summed E-state index contributed by atoms with van der Waals surface area (Å²) in [7, 11) is 0. The predicted molar refractivity (Wildman–Crippen MR) is 203 cm³/mol. The second-order valence-electron chi connectivity index (χ2n) is 12.6. The van der Waals surface area contributed by atoms with Gasteiger partial charge >= 0.3 is 0 Å². The van der Waals surface area contributed by atoms with Crippen LogP contribution in [0.15, 0.2) is 182 Å². The maximum absolute atomic E-state index is 2.43. The molecular weight excluding hydrogens is 581 g/mol. The molecule has 0 aliphatic carbocycles. The van der Waals surface area contributed by atoms with Crippen LogP contribution in [-0.4, -0.2) is 9.13 Å². The van der Waals surface area contributed by atoms with Gasteiger partial charge < -0.3 is 9.13 Å². The molecule has 0 aliphatic rings. The summed E-state index contributed by atoms with van der Waals surface area (Å²) >= 11 is 0. The summed E-state index contributed by atoms with van der Waals surface area (Å²) < 4.78 is 4.85. The van der Waals surface area contributed by atoms with Crippen LogP contribution in [0.3, 0.4) is 0 Å². The Hall–Kier alpha value is -6.38. The quantitative estimate of drug-likeness (QED) is 0.188.